The highest BCUT2D eigenvalue weighted by atomic mass is 16.5. The molecule has 6 nitrogen and oxygen atoms in total. The van der Waals surface area contributed by atoms with E-state index in [1.807, 2.05) is 0 Å². The highest BCUT2D eigenvalue weighted by Crippen LogP contribution is 2.04. The molecule has 0 fully saturated rings. The van der Waals surface area contributed by atoms with E-state index in [0.717, 1.165) is 25.1 Å². The second-order valence-corrected chi connectivity index (χ2v) is 4.52. The normalized spacial score (nSPS) is 10.7. The van der Waals surface area contributed by atoms with Gasteiger partial charge in [-0.3, -0.25) is 4.79 Å². The van der Waals surface area contributed by atoms with Crippen molar-refractivity contribution >= 4 is 5.91 Å². The molecule has 1 aromatic rings. The molecule has 1 amide bonds. The van der Waals surface area contributed by atoms with Gasteiger partial charge >= 0.3 is 0 Å². The van der Waals surface area contributed by atoms with Crippen molar-refractivity contribution in [3.8, 4) is 0 Å². The standard InChI is InChI=1S/C13H23N3O3/c1-4-6-11-14-12(19-15-11)7-8-13(17)16(2)9-5-10-18-3/h4-10H2,1-3H3. The molecule has 0 N–H and O–H groups in total. The maximum Gasteiger partial charge on any atom is 0.227 e. The van der Waals surface area contributed by atoms with Crippen LogP contribution in [0.2, 0.25) is 0 Å². The fourth-order valence-corrected chi connectivity index (χ4v) is 1.69. The Kier molecular flexibility index (Phi) is 7.10. The fraction of sp³-hybridized carbons (Fsp3) is 0.769. The summed E-state index contributed by atoms with van der Waals surface area (Å²) in [6, 6.07) is 0. The van der Waals surface area contributed by atoms with E-state index in [-0.39, 0.29) is 5.91 Å². The van der Waals surface area contributed by atoms with Crippen molar-refractivity contribution in [3.63, 3.8) is 0 Å². The first-order valence-electron chi connectivity index (χ1n) is 6.71. The molecule has 0 radical (unpaired) electrons. The van der Waals surface area contributed by atoms with Crippen molar-refractivity contribution in [2.75, 3.05) is 27.3 Å². The number of rotatable bonds is 9. The summed E-state index contributed by atoms with van der Waals surface area (Å²) in [6.07, 6.45) is 3.55. The third-order valence-electron chi connectivity index (χ3n) is 2.80. The Morgan fingerprint density at radius 1 is 1.42 bits per heavy atom. The molecular formula is C13H23N3O3. The number of hydrogen-bond donors (Lipinski definition) is 0. The molecule has 6 heteroatoms. The fourth-order valence-electron chi connectivity index (χ4n) is 1.69. The number of hydrogen-bond acceptors (Lipinski definition) is 5. The molecule has 1 rings (SSSR count). The van der Waals surface area contributed by atoms with Gasteiger partial charge in [-0.2, -0.15) is 4.98 Å². The van der Waals surface area contributed by atoms with Gasteiger partial charge in [0, 0.05) is 46.6 Å². The van der Waals surface area contributed by atoms with E-state index < -0.39 is 0 Å². The van der Waals surface area contributed by atoms with E-state index in [0.29, 0.717) is 31.9 Å². The summed E-state index contributed by atoms with van der Waals surface area (Å²) < 4.78 is 10.0. The van der Waals surface area contributed by atoms with Gasteiger partial charge in [0.15, 0.2) is 5.82 Å². The Balaban J connectivity index is 2.28. The average molecular weight is 269 g/mol. The number of carbonyl (C=O) groups excluding carboxylic acids is 1. The molecule has 0 bridgehead atoms. The van der Waals surface area contributed by atoms with Gasteiger partial charge in [-0.05, 0) is 12.8 Å². The zero-order chi connectivity index (χ0) is 14.1. The van der Waals surface area contributed by atoms with Crippen LogP contribution in [0.1, 0.15) is 37.9 Å². The molecule has 0 spiro atoms. The second-order valence-electron chi connectivity index (χ2n) is 4.52. The van der Waals surface area contributed by atoms with Gasteiger partial charge in [-0.1, -0.05) is 12.1 Å². The molecule has 1 aromatic heterocycles. The topological polar surface area (TPSA) is 68.5 Å². The number of methoxy groups -OCH3 is 1. The van der Waals surface area contributed by atoms with Crippen LogP contribution in [0.15, 0.2) is 4.52 Å². The second kappa shape index (κ2) is 8.63. The van der Waals surface area contributed by atoms with Crippen LogP contribution in [0, 0.1) is 0 Å². The van der Waals surface area contributed by atoms with Gasteiger partial charge in [0.1, 0.15) is 0 Å². The Morgan fingerprint density at radius 3 is 2.89 bits per heavy atom. The molecule has 0 saturated heterocycles. The lowest BCUT2D eigenvalue weighted by Gasteiger charge is -2.16. The third-order valence-corrected chi connectivity index (χ3v) is 2.80. The number of aryl methyl sites for hydroxylation is 2. The lowest BCUT2D eigenvalue weighted by Crippen LogP contribution is -2.28. The van der Waals surface area contributed by atoms with Crippen LogP contribution >= 0.6 is 0 Å². The smallest absolute Gasteiger partial charge is 0.227 e. The van der Waals surface area contributed by atoms with Crippen molar-refractivity contribution in [3.05, 3.63) is 11.7 Å². The SMILES string of the molecule is CCCc1noc(CCC(=O)N(C)CCCOC)n1. The van der Waals surface area contributed by atoms with Crippen molar-refractivity contribution in [1.82, 2.24) is 15.0 Å². The Labute approximate surface area is 114 Å². The predicted molar refractivity (Wildman–Crippen MR) is 70.7 cm³/mol. The minimum atomic E-state index is 0.0892. The summed E-state index contributed by atoms with van der Waals surface area (Å²) >= 11 is 0. The lowest BCUT2D eigenvalue weighted by molar-refractivity contribution is -0.130. The number of amides is 1. The monoisotopic (exact) mass is 269 g/mol. The van der Waals surface area contributed by atoms with E-state index >= 15 is 0 Å². The molecule has 1 heterocycles. The minimum Gasteiger partial charge on any atom is -0.385 e. The Bertz CT molecular complexity index is 379. The highest BCUT2D eigenvalue weighted by Gasteiger charge is 2.11. The van der Waals surface area contributed by atoms with Crippen molar-refractivity contribution in [2.45, 2.75) is 39.0 Å². The molecule has 0 aliphatic heterocycles. The lowest BCUT2D eigenvalue weighted by atomic mass is 10.2. The average Bonchev–Trinajstić information content (AvgIpc) is 2.84. The molecular weight excluding hydrogens is 246 g/mol. The maximum absolute atomic E-state index is 11.8. The first-order chi connectivity index (χ1) is 9.17. The number of nitrogens with zero attached hydrogens (tertiary/aromatic N) is 3. The van der Waals surface area contributed by atoms with Crippen LogP contribution in [-0.2, 0) is 22.4 Å². The molecule has 0 unspecified atom stereocenters. The van der Waals surface area contributed by atoms with Gasteiger partial charge in [0.25, 0.3) is 0 Å². The van der Waals surface area contributed by atoms with Gasteiger partial charge in [-0.15, -0.1) is 0 Å². The molecule has 0 aliphatic rings. The van der Waals surface area contributed by atoms with Crippen LogP contribution in [0.3, 0.4) is 0 Å². The molecule has 108 valence electrons. The maximum atomic E-state index is 11.8. The first-order valence-corrected chi connectivity index (χ1v) is 6.71. The number of carbonyl (C=O) groups is 1. The number of aromatic nitrogens is 2. The first kappa shape index (κ1) is 15.6. The van der Waals surface area contributed by atoms with Crippen LogP contribution in [0.4, 0.5) is 0 Å². The number of ether oxygens (including phenoxy) is 1. The van der Waals surface area contributed by atoms with Crippen LogP contribution in [0.25, 0.3) is 0 Å². The third kappa shape index (κ3) is 5.83. The zero-order valence-corrected chi connectivity index (χ0v) is 12.0. The molecule has 0 aliphatic carbocycles. The predicted octanol–water partition coefficient (Wildman–Crippen LogP) is 1.45. The van der Waals surface area contributed by atoms with E-state index in [1.165, 1.54) is 0 Å². The summed E-state index contributed by atoms with van der Waals surface area (Å²) in [4.78, 5) is 17.8. The van der Waals surface area contributed by atoms with Crippen LogP contribution in [0.5, 0.6) is 0 Å². The van der Waals surface area contributed by atoms with E-state index in [4.69, 9.17) is 9.26 Å². The van der Waals surface area contributed by atoms with Gasteiger partial charge < -0.3 is 14.2 Å². The molecule has 0 aromatic carbocycles. The van der Waals surface area contributed by atoms with Gasteiger partial charge in [-0.25, -0.2) is 0 Å². The van der Waals surface area contributed by atoms with Crippen molar-refractivity contribution in [1.29, 1.82) is 0 Å². The largest absolute Gasteiger partial charge is 0.385 e. The summed E-state index contributed by atoms with van der Waals surface area (Å²) in [5, 5.41) is 3.86. The molecule has 19 heavy (non-hydrogen) atoms. The molecule has 0 saturated carbocycles. The van der Waals surface area contributed by atoms with Gasteiger partial charge in [0.05, 0.1) is 0 Å². The summed E-state index contributed by atoms with van der Waals surface area (Å²) in [5.41, 5.74) is 0. The summed E-state index contributed by atoms with van der Waals surface area (Å²) in [7, 11) is 3.46. The van der Waals surface area contributed by atoms with Crippen LogP contribution < -0.4 is 0 Å². The van der Waals surface area contributed by atoms with Crippen LogP contribution in [-0.4, -0.2) is 48.3 Å². The van der Waals surface area contributed by atoms with E-state index in [2.05, 4.69) is 17.1 Å². The Hall–Kier alpha value is -1.43. The highest BCUT2D eigenvalue weighted by molar-refractivity contribution is 5.75. The Morgan fingerprint density at radius 2 is 2.21 bits per heavy atom. The molecule has 0 atom stereocenters. The van der Waals surface area contributed by atoms with Crippen molar-refractivity contribution in [2.24, 2.45) is 0 Å². The summed E-state index contributed by atoms with van der Waals surface area (Å²) in [6.45, 7) is 3.44. The quantitative estimate of drug-likeness (QED) is 0.635. The summed E-state index contributed by atoms with van der Waals surface area (Å²) in [5.74, 6) is 1.35. The van der Waals surface area contributed by atoms with Crippen molar-refractivity contribution < 1.29 is 14.1 Å². The zero-order valence-electron chi connectivity index (χ0n) is 12.0. The van der Waals surface area contributed by atoms with E-state index in [9.17, 15) is 4.79 Å². The van der Waals surface area contributed by atoms with Gasteiger partial charge in [0.2, 0.25) is 11.8 Å². The minimum absolute atomic E-state index is 0.0892. The van der Waals surface area contributed by atoms with E-state index in [1.54, 1.807) is 19.1 Å².